The average molecular weight is 1330 g/mol. The van der Waals surface area contributed by atoms with Crippen LogP contribution in [0.3, 0.4) is 0 Å². The topological polar surface area (TPSA) is 400 Å². The standard InChI is InChI=1S/C69H133N7O17/c1-4-6-8-10-12-14-16-18-20-22-24-26-28-30-32-37-43-76(44-38-33-31-29-27-25-23-21-19-17-15-13-11-9-7-5-2)59(82)41-40-58(81)74-42-36-34-35-39-57(80)75-46-53-63(84)65(86)60(72)69(91-53)92-55(48-78)54(47-77)88-50-89-67(62(83)51(3)71)52(45-70)90-68-61(73)66(87)64(85)56(49-79)93-68/h18-21,51-56,60-69,77-79,83-87H,4-17,22-50,70-73H2,1-3H3,(H,74,81)(H,75,80)/b20-18-,21-19-/t51-,52-,53?,54-,55?,56?,60?,61?,62?,63-,64-,65?,66?,67?,68+,69-/m1/s1. The minimum absolute atomic E-state index is 0.0287. The first-order valence-corrected chi connectivity index (χ1v) is 36.2. The van der Waals surface area contributed by atoms with Gasteiger partial charge in [0.25, 0.3) is 0 Å². The van der Waals surface area contributed by atoms with Crippen LogP contribution in [0.25, 0.3) is 0 Å². The lowest BCUT2D eigenvalue weighted by molar-refractivity contribution is -0.300. The number of nitrogens with one attached hydrogen (secondary N) is 2. The van der Waals surface area contributed by atoms with Gasteiger partial charge in [0.15, 0.2) is 12.6 Å². The first-order chi connectivity index (χ1) is 45.0. The van der Waals surface area contributed by atoms with E-state index in [-0.39, 0.29) is 50.1 Å². The zero-order valence-electron chi connectivity index (χ0n) is 57.5. The minimum atomic E-state index is -1.60. The molecule has 0 aromatic heterocycles. The summed E-state index contributed by atoms with van der Waals surface area (Å²) >= 11 is 0. The smallest absolute Gasteiger partial charge is 0.223 e. The van der Waals surface area contributed by atoms with Gasteiger partial charge in [0.1, 0.15) is 67.8 Å². The predicted octanol–water partition coefficient (Wildman–Crippen LogP) is 5.15. The number of unbranched alkanes of at least 4 members (excludes halogenated alkanes) is 26. The van der Waals surface area contributed by atoms with E-state index < -0.39 is 124 Å². The number of ether oxygens (including phenoxy) is 6. The summed E-state index contributed by atoms with van der Waals surface area (Å²) in [6.45, 7) is 4.40. The summed E-state index contributed by atoms with van der Waals surface area (Å²) < 4.78 is 34.8. The van der Waals surface area contributed by atoms with Crippen LogP contribution in [-0.4, -0.2) is 221 Å². The number of nitrogens with zero attached hydrogens (tertiary/aromatic N) is 1. The van der Waals surface area contributed by atoms with Gasteiger partial charge in [0, 0.05) is 58.0 Å². The Hall–Kier alpha value is -2.83. The van der Waals surface area contributed by atoms with E-state index in [9.17, 15) is 55.2 Å². The molecule has 0 bridgehead atoms. The molecule has 18 N–H and O–H groups in total. The van der Waals surface area contributed by atoms with E-state index in [0.29, 0.717) is 25.8 Å². The van der Waals surface area contributed by atoms with Crippen LogP contribution < -0.4 is 33.6 Å². The van der Waals surface area contributed by atoms with Gasteiger partial charge in [0.2, 0.25) is 17.7 Å². The van der Waals surface area contributed by atoms with Crippen molar-refractivity contribution in [3.8, 4) is 0 Å². The molecule has 0 aliphatic carbocycles. The van der Waals surface area contributed by atoms with Gasteiger partial charge in [-0.25, -0.2) is 0 Å². The molecule has 3 amide bonds. The number of carbonyl (C=O) groups is 3. The highest BCUT2D eigenvalue weighted by Crippen LogP contribution is 2.26. The van der Waals surface area contributed by atoms with Crippen molar-refractivity contribution in [2.45, 2.75) is 337 Å². The van der Waals surface area contributed by atoms with Crippen molar-refractivity contribution < 1.29 is 83.7 Å². The van der Waals surface area contributed by atoms with Crippen molar-refractivity contribution in [1.82, 2.24) is 15.5 Å². The van der Waals surface area contributed by atoms with E-state index in [1.165, 1.54) is 135 Å². The Bertz CT molecular complexity index is 1860. The number of nitrogens with two attached hydrogens (primary N) is 4. The molecule has 0 aromatic rings. The molecule has 0 spiro atoms. The number of aliphatic hydroxyl groups is 8. The molecule has 2 heterocycles. The number of carbonyl (C=O) groups excluding carboxylic acids is 3. The summed E-state index contributed by atoms with van der Waals surface area (Å²) in [5, 5.41) is 89.4. The molecular weight excluding hydrogens is 1200 g/mol. The third kappa shape index (κ3) is 37.6. The molecular formula is C69H133N7O17. The van der Waals surface area contributed by atoms with Gasteiger partial charge in [-0.1, -0.05) is 160 Å². The van der Waals surface area contributed by atoms with Gasteiger partial charge in [-0.05, 0) is 84.0 Å². The molecule has 2 aliphatic rings. The van der Waals surface area contributed by atoms with Gasteiger partial charge < -0.3 is 108 Å². The Labute approximate surface area is 558 Å². The summed E-state index contributed by atoms with van der Waals surface area (Å²) in [4.78, 5) is 41.4. The van der Waals surface area contributed by atoms with Crippen LogP contribution in [0.15, 0.2) is 24.3 Å². The van der Waals surface area contributed by atoms with Gasteiger partial charge in [-0.3, -0.25) is 14.4 Å². The third-order valence-electron chi connectivity index (χ3n) is 17.8. The molecule has 9 unspecified atom stereocenters. The van der Waals surface area contributed by atoms with Crippen molar-refractivity contribution in [3.63, 3.8) is 0 Å². The Morgan fingerprint density at radius 3 is 1.42 bits per heavy atom. The maximum Gasteiger partial charge on any atom is 0.223 e. The predicted molar refractivity (Wildman–Crippen MR) is 361 cm³/mol. The van der Waals surface area contributed by atoms with Crippen molar-refractivity contribution in [2.24, 2.45) is 22.9 Å². The molecule has 16 atom stereocenters. The Kier molecular flexibility index (Phi) is 51.1. The minimum Gasteiger partial charge on any atom is -0.394 e. The highest BCUT2D eigenvalue weighted by molar-refractivity contribution is 5.83. The maximum absolute atomic E-state index is 13.6. The number of rotatable bonds is 59. The molecule has 2 rings (SSSR count). The van der Waals surface area contributed by atoms with Gasteiger partial charge in [-0.15, -0.1) is 0 Å². The van der Waals surface area contributed by atoms with Crippen molar-refractivity contribution >= 4 is 17.7 Å². The van der Waals surface area contributed by atoms with Gasteiger partial charge in [-0.2, -0.15) is 0 Å². The Balaban J connectivity index is 1.79. The monoisotopic (exact) mass is 1330 g/mol. The van der Waals surface area contributed by atoms with E-state index in [0.717, 1.165) is 64.5 Å². The number of amides is 3. The normalized spacial score (nSPS) is 23.9. The molecule has 93 heavy (non-hydrogen) atoms. The lowest BCUT2D eigenvalue weighted by atomic mass is 9.97. The van der Waals surface area contributed by atoms with E-state index in [1.54, 1.807) is 0 Å². The van der Waals surface area contributed by atoms with Gasteiger partial charge >= 0.3 is 0 Å². The fourth-order valence-corrected chi connectivity index (χ4v) is 11.6. The molecule has 2 fully saturated rings. The highest BCUT2D eigenvalue weighted by atomic mass is 16.7. The zero-order chi connectivity index (χ0) is 68.4. The molecule has 24 nitrogen and oxygen atoms in total. The summed E-state index contributed by atoms with van der Waals surface area (Å²) in [5.41, 5.74) is 24.2. The van der Waals surface area contributed by atoms with Crippen LogP contribution in [0.5, 0.6) is 0 Å². The molecule has 0 radical (unpaired) electrons. The second kappa shape index (κ2) is 55.1. The van der Waals surface area contributed by atoms with Crippen LogP contribution in [0.1, 0.15) is 239 Å². The molecule has 2 aliphatic heterocycles. The first kappa shape index (κ1) is 86.3. The average Bonchev–Trinajstić information content (AvgIpc) is 0.878. The first-order valence-electron chi connectivity index (χ1n) is 36.2. The molecule has 0 saturated carbocycles. The van der Waals surface area contributed by atoms with Crippen molar-refractivity contribution in [3.05, 3.63) is 24.3 Å². The fraction of sp³-hybridized carbons (Fsp3) is 0.899. The number of aliphatic hydroxyl groups excluding tert-OH is 8. The molecule has 24 heteroatoms. The summed E-state index contributed by atoms with van der Waals surface area (Å²) in [7, 11) is 0. The van der Waals surface area contributed by atoms with Crippen LogP contribution in [0.2, 0.25) is 0 Å². The molecule has 546 valence electrons. The Morgan fingerprint density at radius 2 is 0.957 bits per heavy atom. The molecule has 2 saturated heterocycles. The second-order valence-corrected chi connectivity index (χ2v) is 25.9. The van der Waals surface area contributed by atoms with Crippen LogP contribution >= 0.6 is 0 Å². The summed E-state index contributed by atoms with van der Waals surface area (Å²) in [6.07, 6.45) is 27.7. The lowest BCUT2D eigenvalue weighted by Crippen LogP contribution is -2.64. The molecule has 0 aromatic carbocycles. The van der Waals surface area contributed by atoms with E-state index >= 15 is 0 Å². The van der Waals surface area contributed by atoms with Gasteiger partial charge in [0.05, 0.1) is 38.0 Å². The number of hydrogen-bond acceptors (Lipinski definition) is 21. The maximum atomic E-state index is 13.6. The van der Waals surface area contributed by atoms with Crippen molar-refractivity contribution in [2.75, 3.05) is 59.3 Å². The van der Waals surface area contributed by atoms with E-state index in [4.69, 9.17) is 51.4 Å². The third-order valence-corrected chi connectivity index (χ3v) is 17.8. The van der Waals surface area contributed by atoms with E-state index in [1.807, 2.05) is 4.90 Å². The Morgan fingerprint density at radius 1 is 0.527 bits per heavy atom. The summed E-state index contributed by atoms with van der Waals surface area (Å²) in [5.74, 6) is -0.510. The zero-order valence-corrected chi connectivity index (χ0v) is 57.5. The number of hydrogen-bond donors (Lipinski definition) is 14. The van der Waals surface area contributed by atoms with E-state index in [2.05, 4.69) is 48.8 Å². The highest BCUT2D eigenvalue weighted by Gasteiger charge is 2.47. The quantitative estimate of drug-likeness (QED) is 0.0213. The fourth-order valence-electron chi connectivity index (χ4n) is 11.6. The van der Waals surface area contributed by atoms with Crippen molar-refractivity contribution in [1.29, 1.82) is 0 Å². The summed E-state index contributed by atoms with van der Waals surface area (Å²) in [6, 6.07) is -3.57. The van der Waals surface area contributed by atoms with Crippen LogP contribution in [0, 0.1) is 0 Å². The largest absolute Gasteiger partial charge is 0.394 e. The lowest BCUT2D eigenvalue weighted by Gasteiger charge is -2.43. The van der Waals surface area contributed by atoms with Crippen LogP contribution in [0.4, 0.5) is 0 Å². The second-order valence-electron chi connectivity index (χ2n) is 25.9. The SMILES string of the molecule is CCCCCCCC/C=C\CCCCCCCCN(CCCCCCCC/C=C\CCCCCCCC)C(=O)CCC(=O)NCCCCCC(=O)NCC1O[C@H](OC(CO)[C@@H](CO)OCOC(C(O)[C@@H](C)N)[C@@H](CN)O[C@H]2OC(CO)[C@@H](O)C(O)C2N)C(N)C(O)[C@@H]1O. The number of allylic oxidation sites excluding steroid dienone is 4. The van der Waals surface area contributed by atoms with Crippen LogP contribution in [-0.2, 0) is 42.8 Å².